The molecule has 2 heteroatoms. The summed E-state index contributed by atoms with van der Waals surface area (Å²) in [5.74, 6) is 2.48. The minimum Gasteiger partial charge on any atom is -0.352 e. The standard InChI is InChI=1S/C13H15NO/c1-3-5-10-14-13(15)12-8-6-11(4-2)7-9-12/h2,6-9H,3,5,10H2,1H3,(H,14,15). The lowest BCUT2D eigenvalue weighted by Crippen LogP contribution is -2.24. The first kappa shape index (κ1) is 11.3. The number of rotatable bonds is 4. The van der Waals surface area contributed by atoms with Gasteiger partial charge >= 0.3 is 0 Å². The van der Waals surface area contributed by atoms with Crippen LogP contribution in [0.2, 0.25) is 0 Å². The van der Waals surface area contributed by atoms with E-state index in [-0.39, 0.29) is 5.91 Å². The van der Waals surface area contributed by atoms with E-state index in [1.165, 1.54) is 0 Å². The van der Waals surface area contributed by atoms with Crippen molar-refractivity contribution in [2.75, 3.05) is 6.54 Å². The van der Waals surface area contributed by atoms with Crippen LogP contribution < -0.4 is 5.32 Å². The van der Waals surface area contributed by atoms with Gasteiger partial charge in [-0.1, -0.05) is 19.3 Å². The fourth-order valence-electron chi connectivity index (χ4n) is 1.20. The average Bonchev–Trinajstić information content (AvgIpc) is 2.29. The monoisotopic (exact) mass is 201 g/mol. The van der Waals surface area contributed by atoms with Gasteiger partial charge in [0.15, 0.2) is 0 Å². The van der Waals surface area contributed by atoms with Crippen molar-refractivity contribution in [3.8, 4) is 12.3 Å². The van der Waals surface area contributed by atoms with E-state index in [1.54, 1.807) is 24.3 Å². The highest BCUT2D eigenvalue weighted by molar-refractivity contribution is 5.94. The van der Waals surface area contributed by atoms with Crippen molar-refractivity contribution in [2.24, 2.45) is 0 Å². The van der Waals surface area contributed by atoms with Gasteiger partial charge in [-0.25, -0.2) is 0 Å². The highest BCUT2D eigenvalue weighted by Crippen LogP contribution is 2.02. The molecule has 0 bridgehead atoms. The predicted octanol–water partition coefficient (Wildman–Crippen LogP) is 2.20. The van der Waals surface area contributed by atoms with E-state index in [0.29, 0.717) is 5.56 Å². The van der Waals surface area contributed by atoms with Crippen LogP contribution in [0.1, 0.15) is 35.7 Å². The second kappa shape index (κ2) is 5.87. The molecule has 1 aromatic rings. The van der Waals surface area contributed by atoms with Gasteiger partial charge in [0.05, 0.1) is 0 Å². The van der Waals surface area contributed by atoms with Crippen molar-refractivity contribution in [1.29, 1.82) is 0 Å². The molecule has 0 heterocycles. The zero-order valence-electron chi connectivity index (χ0n) is 8.92. The number of carbonyl (C=O) groups is 1. The molecule has 0 atom stereocenters. The van der Waals surface area contributed by atoms with Gasteiger partial charge in [0.25, 0.3) is 5.91 Å². The van der Waals surface area contributed by atoms with Gasteiger partial charge < -0.3 is 5.32 Å². The third-order valence-electron chi connectivity index (χ3n) is 2.13. The number of benzene rings is 1. The summed E-state index contributed by atoms with van der Waals surface area (Å²) in [6, 6.07) is 7.04. The van der Waals surface area contributed by atoms with Gasteiger partial charge in [0.2, 0.25) is 0 Å². The van der Waals surface area contributed by atoms with Crippen LogP contribution >= 0.6 is 0 Å². The Morgan fingerprint density at radius 1 is 1.40 bits per heavy atom. The van der Waals surface area contributed by atoms with Crippen molar-refractivity contribution in [2.45, 2.75) is 19.8 Å². The van der Waals surface area contributed by atoms with E-state index in [9.17, 15) is 4.79 Å². The summed E-state index contributed by atoms with van der Waals surface area (Å²) in [5.41, 5.74) is 1.45. The van der Waals surface area contributed by atoms with Crippen molar-refractivity contribution < 1.29 is 4.79 Å². The first-order valence-electron chi connectivity index (χ1n) is 5.12. The zero-order valence-corrected chi connectivity index (χ0v) is 8.92. The molecule has 0 saturated carbocycles. The molecule has 0 aliphatic carbocycles. The Bertz CT molecular complexity index is 359. The van der Waals surface area contributed by atoms with Gasteiger partial charge in [-0.05, 0) is 30.7 Å². The van der Waals surface area contributed by atoms with E-state index >= 15 is 0 Å². The first-order valence-corrected chi connectivity index (χ1v) is 5.12. The molecule has 1 amide bonds. The number of terminal acetylenes is 1. The van der Waals surface area contributed by atoms with Crippen LogP contribution in [0.5, 0.6) is 0 Å². The molecule has 1 rings (SSSR count). The van der Waals surface area contributed by atoms with Crippen LogP contribution in [0.3, 0.4) is 0 Å². The largest absolute Gasteiger partial charge is 0.352 e. The summed E-state index contributed by atoms with van der Waals surface area (Å²) in [6.45, 7) is 2.82. The van der Waals surface area contributed by atoms with Crippen LogP contribution in [-0.2, 0) is 0 Å². The zero-order chi connectivity index (χ0) is 11.1. The number of unbranched alkanes of at least 4 members (excludes halogenated alkanes) is 1. The summed E-state index contributed by atoms with van der Waals surface area (Å²) in [5, 5.41) is 2.85. The van der Waals surface area contributed by atoms with Gasteiger partial charge in [0, 0.05) is 17.7 Å². The summed E-state index contributed by atoms with van der Waals surface area (Å²) >= 11 is 0. The molecule has 0 radical (unpaired) electrons. The second-order valence-corrected chi connectivity index (χ2v) is 3.33. The third-order valence-corrected chi connectivity index (χ3v) is 2.13. The maximum absolute atomic E-state index is 11.6. The lowest BCUT2D eigenvalue weighted by atomic mass is 10.1. The van der Waals surface area contributed by atoms with E-state index in [0.717, 1.165) is 24.9 Å². The number of carbonyl (C=O) groups excluding carboxylic acids is 1. The Hall–Kier alpha value is -1.75. The number of hydrogen-bond acceptors (Lipinski definition) is 1. The molecule has 0 saturated heterocycles. The van der Waals surface area contributed by atoms with Crippen LogP contribution in [0.15, 0.2) is 24.3 Å². The number of amides is 1. The van der Waals surface area contributed by atoms with Crippen LogP contribution in [0.25, 0.3) is 0 Å². The first-order chi connectivity index (χ1) is 7.27. The Balaban J connectivity index is 2.55. The number of hydrogen-bond donors (Lipinski definition) is 1. The fraction of sp³-hybridized carbons (Fsp3) is 0.308. The molecule has 0 aromatic heterocycles. The lowest BCUT2D eigenvalue weighted by Gasteiger charge is -2.03. The van der Waals surface area contributed by atoms with Crippen molar-refractivity contribution in [1.82, 2.24) is 5.32 Å². The van der Waals surface area contributed by atoms with E-state index < -0.39 is 0 Å². The number of nitrogens with one attached hydrogen (secondary N) is 1. The summed E-state index contributed by atoms with van der Waals surface area (Å²) in [6.07, 6.45) is 7.31. The minimum absolute atomic E-state index is 0.0352. The third kappa shape index (κ3) is 3.47. The van der Waals surface area contributed by atoms with Gasteiger partial charge in [-0.2, -0.15) is 0 Å². The molecule has 0 aliphatic heterocycles. The molecule has 1 aromatic carbocycles. The maximum Gasteiger partial charge on any atom is 0.251 e. The normalized spacial score (nSPS) is 9.33. The minimum atomic E-state index is -0.0352. The van der Waals surface area contributed by atoms with Gasteiger partial charge in [-0.3, -0.25) is 4.79 Å². The van der Waals surface area contributed by atoms with E-state index in [4.69, 9.17) is 6.42 Å². The van der Waals surface area contributed by atoms with Crippen molar-refractivity contribution in [3.63, 3.8) is 0 Å². The molecular weight excluding hydrogens is 186 g/mol. The molecule has 2 nitrogen and oxygen atoms in total. The Morgan fingerprint density at radius 2 is 2.07 bits per heavy atom. The quantitative estimate of drug-likeness (QED) is 0.587. The molecule has 1 N–H and O–H groups in total. The Morgan fingerprint density at radius 3 is 2.60 bits per heavy atom. The van der Waals surface area contributed by atoms with E-state index in [1.807, 2.05) is 0 Å². The highest BCUT2D eigenvalue weighted by atomic mass is 16.1. The maximum atomic E-state index is 11.6. The second-order valence-electron chi connectivity index (χ2n) is 3.33. The molecule has 0 fully saturated rings. The molecule has 0 unspecified atom stereocenters. The Kier molecular flexibility index (Phi) is 4.43. The molecule has 0 spiro atoms. The fourth-order valence-corrected chi connectivity index (χ4v) is 1.20. The predicted molar refractivity (Wildman–Crippen MR) is 61.6 cm³/mol. The van der Waals surface area contributed by atoms with Gasteiger partial charge in [0.1, 0.15) is 0 Å². The van der Waals surface area contributed by atoms with Gasteiger partial charge in [-0.15, -0.1) is 6.42 Å². The Labute approximate surface area is 90.7 Å². The lowest BCUT2D eigenvalue weighted by molar-refractivity contribution is 0.0953. The van der Waals surface area contributed by atoms with Crippen LogP contribution in [0, 0.1) is 12.3 Å². The van der Waals surface area contributed by atoms with Crippen LogP contribution in [-0.4, -0.2) is 12.5 Å². The summed E-state index contributed by atoms with van der Waals surface area (Å²) in [7, 11) is 0. The summed E-state index contributed by atoms with van der Waals surface area (Å²) < 4.78 is 0. The molecule has 0 aliphatic rings. The topological polar surface area (TPSA) is 29.1 Å². The molecule has 15 heavy (non-hydrogen) atoms. The van der Waals surface area contributed by atoms with Crippen molar-refractivity contribution in [3.05, 3.63) is 35.4 Å². The van der Waals surface area contributed by atoms with Crippen LogP contribution in [0.4, 0.5) is 0 Å². The summed E-state index contributed by atoms with van der Waals surface area (Å²) in [4.78, 5) is 11.6. The molecular formula is C13H15NO. The average molecular weight is 201 g/mol. The SMILES string of the molecule is C#Cc1ccc(C(=O)NCCCC)cc1. The van der Waals surface area contributed by atoms with Crippen molar-refractivity contribution >= 4 is 5.91 Å². The van der Waals surface area contributed by atoms with E-state index in [2.05, 4.69) is 18.2 Å². The smallest absolute Gasteiger partial charge is 0.251 e. The molecule has 78 valence electrons. The highest BCUT2D eigenvalue weighted by Gasteiger charge is 2.03.